The first kappa shape index (κ1) is 26.9. The third kappa shape index (κ3) is 5.86. The van der Waals surface area contributed by atoms with Crippen LogP contribution in [0.1, 0.15) is 30.7 Å². The Bertz CT molecular complexity index is 1350. The maximum atomic E-state index is 15.0. The summed E-state index contributed by atoms with van der Waals surface area (Å²) in [6.45, 7) is 0. The molecule has 1 heterocycles. The molecule has 1 aromatic heterocycles. The molecule has 36 heavy (non-hydrogen) atoms. The van der Waals surface area contributed by atoms with Crippen molar-refractivity contribution in [2.24, 2.45) is 0 Å². The number of aromatic nitrogens is 2. The molecule has 4 rings (SSSR count). The lowest BCUT2D eigenvalue weighted by molar-refractivity contribution is 0.0544. The predicted octanol–water partition coefficient (Wildman–Crippen LogP) is 6.02. The van der Waals surface area contributed by atoms with E-state index in [1.807, 2.05) is 31.1 Å². The maximum Gasteiger partial charge on any atom is 0.266 e. The molecule has 0 aliphatic heterocycles. The van der Waals surface area contributed by atoms with E-state index in [1.165, 1.54) is 18.6 Å². The zero-order valence-corrected chi connectivity index (χ0v) is 22.5. The van der Waals surface area contributed by atoms with Gasteiger partial charge in [-0.2, -0.15) is 0 Å². The summed E-state index contributed by atoms with van der Waals surface area (Å²) >= 11 is 19.0. The molecule has 1 fully saturated rings. The molecule has 0 amide bonds. The number of hydrogen-bond acceptors (Lipinski definition) is 6. The van der Waals surface area contributed by atoms with Gasteiger partial charge in [0.15, 0.2) is 0 Å². The van der Waals surface area contributed by atoms with Crippen LogP contribution >= 0.6 is 34.8 Å². The first-order valence-corrected chi connectivity index (χ1v) is 13.7. The summed E-state index contributed by atoms with van der Waals surface area (Å²) in [6, 6.07) is 8.99. The van der Waals surface area contributed by atoms with Crippen LogP contribution in [0.2, 0.25) is 15.1 Å². The molecule has 7 nitrogen and oxygen atoms in total. The van der Waals surface area contributed by atoms with Gasteiger partial charge in [0.1, 0.15) is 34.7 Å². The summed E-state index contributed by atoms with van der Waals surface area (Å²) in [5, 5.41) is 1.05. The Morgan fingerprint density at radius 2 is 1.89 bits per heavy atom. The van der Waals surface area contributed by atoms with Crippen molar-refractivity contribution in [1.82, 2.24) is 14.9 Å². The van der Waals surface area contributed by atoms with Crippen molar-refractivity contribution in [2.45, 2.75) is 42.2 Å². The Balaban J connectivity index is 1.54. The topological polar surface area (TPSA) is 84.4 Å². The molecule has 0 bridgehead atoms. The summed E-state index contributed by atoms with van der Waals surface area (Å²) in [5.41, 5.74) is 0.990. The van der Waals surface area contributed by atoms with Crippen LogP contribution in [0.3, 0.4) is 0 Å². The highest BCUT2D eigenvalue weighted by Gasteiger charge is 2.35. The van der Waals surface area contributed by atoms with Gasteiger partial charge in [0.05, 0.1) is 15.1 Å². The number of anilines is 1. The lowest BCUT2D eigenvalue weighted by Crippen LogP contribution is -2.46. The zero-order chi connectivity index (χ0) is 26.0. The summed E-state index contributed by atoms with van der Waals surface area (Å²) in [5.74, 6) is -0.731. The van der Waals surface area contributed by atoms with Crippen LogP contribution in [0.15, 0.2) is 53.8 Å². The van der Waals surface area contributed by atoms with E-state index < -0.39 is 20.7 Å². The van der Waals surface area contributed by atoms with Crippen LogP contribution in [-0.2, 0) is 10.0 Å². The van der Waals surface area contributed by atoms with E-state index in [0.29, 0.717) is 16.5 Å². The third-order valence-electron chi connectivity index (χ3n) is 6.21. The molecule has 0 saturated heterocycles. The molecule has 12 heteroatoms. The number of sulfonamides is 1. The molecular formula is C24H24Cl3FN4O3S. The number of hydrogen-bond donors (Lipinski definition) is 1. The fourth-order valence-electron chi connectivity index (χ4n) is 4.43. The summed E-state index contributed by atoms with van der Waals surface area (Å²) in [4.78, 5) is 8.96. The van der Waals surface area contributed by atoms with Crippen molar-refractivity contribution >= 4 is 50.6 Å². The number of nitrogens with one attached hydrogen (secondary N) is 1. The second-order valence-corrected chi connectivity index (χ2v) is 11.6. The van der Waals surface area contributed by atoms with E-state index in [-0.39, 0.29) is 34.7 Å². The summed E-state index contributed by atoms with van der Waals surface area (Å²) in [7, 11) is -0.385. The normalized spacial score (nSPS) is 20.4. The van der Waals surface area contributed by atoms with Crippen LogP contribution in [-0.4, -0.2) is 49.5 Å². The number of nitrogens with zero attached hydrogens (tertiary/aromatic N) is 3. The Kier molecular flexibility index (Phi) is 8.26. The van der Waals surface area contributed by atoms with E-state index in [0.717, 1.165) is 30.5 Å². The van der Waals surface area contributed by atoms with Crippen LogP contribution < -0.4 is 9.46 Å². The standard InChI is InChI=1S/C24H24Cl3FN4O3S/c1-32(2)19-10-14(15-4-3-5-16(25)24(15)27)6-7-20(19)35-21-12-18(28)22(11-17(21)26)36(33,34)31-23-8-9-29-13-30-23/h3-5,8-9,11-14,19-20H,6-7,10H2,1-2H3,(H,29,30,31)/t14-,19-,20-/m0/s1. The first-order valence-electron chi connectivity index (χ1n) is 11.1. The number of rotatable bonds is 7. The number of benzene rings is 2. The molecule has 0 unspecified atom stereocenters. The molecule has 0 radical (unpaired) electrons. The van der Waals surface area contributed by atoms with Crippen molar-refractivity contribution in [2.75, 3.05) is 18.8 Å². The lowest BCUT2D eigenvalue weighted by atomic mass is 9.79. The quantitative estimate of drug-likeness (QED) is 0.372. The van der Waals surface area contributed by atoms with Gasteiger partial charge in [0, 0.05) is 18.3 Å². The number of ether oxygens (including phenoxy) is 1. The van der Waals surface area contributed by atoms with E-state index in [2.05, 4.69) is 14.7 Å². The minimum Gasteiger partial charge on any atom is -0.487 e. The van der Waals surface area contributed by atoms with E-state index in [9.17, 15) is 12.8 Å². The van der Waals surface area contributed by atoms with Crippen LogP contribution in [0, 0.1) is 5.82 Å². The summed E-state index contributed by atoms with van der Waals surface area (Å²) in [6.07, 6.45) is 4.42. The van der Waals surface area contributed by atoms with E-state index >= 15 is 0 Å². The molecule has 2 aromatic carbocycles. The second-order valence-electron chi connectivity index (χ2n) is 8.75. The molecular weight excluding hydrogens is 550 g/mol. The minimum absolute atomic E-state index is 0.00578. The number of likely N-dealkylation sites (N-methyl/N-ethyl adjacent to an activating group) is 1. The highest BCUT2D eigenvalue weighted by atomic mass is 35.5. The monoisotopic (exact) mass is 572 g/mol. The van der Waals surface area contributed by atoms with Gasteiger partial charge in [-0.1, -0.05) is 46.9 Å². The Labute approximate surface area is 224 Å². The Morgan fingerprint density at radius 1 is 1.11 bits per heavy atom. The Morgan fingerprint density at radius 3 is 2.58 bits per heavy atom. The molecule has 3 aromatic rings. The third-order valence-corrected chi connectivity index (χ3v) is 8.71. The molecule has 0 spiro atoms. The largest absolute Gasteiger partial charge is 0.487 e. The fraction of sp³-hybridized carbons (Fsp3) is 0.333. The lowest BCUT2D eigenvalue weighted by Gasteiger charge is -2.40. The van der Waals surface area contributed by atoms with Gasteiger partial charge < -0.3 is 9.64 Å². The highest BCUT2D eigenvalue weighted by molar-refractivity contribution is 7.92. The van der Waals surface area contributed by atoms with Gasteiger partial charge in [0.25, 0.3) is 10.0 Å². The van der Waals surface area contributed by atoms with E-state index in [4.69, 9.17) is 39.5 Å². The van der Waals surface area contributed by atoms with Crippen LogP contribution in [0.5, 0.6) is 5.75 Å². The van der Waals surface area contributed by atoms with Crippen molar-refractivity contribution in [3.05, 3.63) is 75.4 Å². The predicted molar refractivity (Wildman–Crippen MR) is 139 cm³/mol. The van der Waals surface area contributed by atoms with Crippen molar-refractivity contribution < 1.29 is 17.5 Å². The molecule has 1 saturated carbocycles. The van der Waals surface area contributed by atoms with Gasteiger partial charge in [-0.15, -0.1) is 0 Å². The van der Waals surface area contributed by atoms with Gasteiger partial charge >= 0.3 is 0 Å². The first-order chi connectivity index (χ1) is 17.1. The van der Waals surface area contributed by atoms with Crippen molar-refractivity contribution in [1.29, 1.82) is 0 Å². The fourth-order valence-corrected chi connectivity index (χ4v) is 6.26. The molecule has 3 atom stereocenters. The molecule has 1 aliphatic rings. The zero-order valence-electron chi connectivity index (χ0n) is 19.5. The molecule has 1 aliphatic carbocycles. The van der Waals surface area contributed by atoms with Gasteiger partial charge in [-0.05, 0) is 63.0 Å². The second kappa shape index (κ2) is 11.1. The average molecular weight is 574 g/mol. The van der Waals surface area contributed by atoms with Gasteiger partial charge in [0.2, 0.25) is 0 Å². The van der Waals surface area contributed by atoms with Gasteiger partial charge in [-0.25, -0.2) is 22.8 Å². The summed E-state index contributed by atoms with van der Waals surface area (Å²) < 4.78 is 48.7. The van der Waals surface area contributed by atoms with Crippen LogP contribution in [0.25, 0.3) is 0 Å². The average Bonchev–Trinajstić information content (AvgIpc) is 2.83. The SMILES string of the molecule is CN(C)[C@H]1C[C@@H](c2cccc(Cl)c2Cl)CC[C@@H]1Oc1cc(F)c(S(=O)(=O)Nc2ccncn2)cc1Cl. The smallest absolute Gasteiger partial charge is 0.266 e. The number of halogens is 4. The molecule has 192 valence electrons. The van der Waals surface area contributed by atoms with Gasteiger partial charge in [-0.3, -0.25) is 4.72 Å². The van der Waals surface area contributed by atoms with Crippen molar-refractivity contribution in [3.8, 4) is 5.75 Å². The van der Waals surface area contributed by atoms with E-state index in [1.54, 1.807) is 6.07 Å². The minimum atomic E-state index is -4.27. The van der Waals surface area contributed by atoms with Crippen LogP contribution in [0.4, 0.5) is 10.2 Å². The van der Waals surface area contributed by atoms with Crippen molar-refractivity contribution in [3.63, 3.8) is 0 Å². The highest BCUT2D eigenvalue weighted by Crippen LogP contribution is 2.42. The molecule has 1 N–H and O–H groups in total. The Hall–Kier alpha value is -2.17. The maximum absolute atomic E-state index is 15.0.